The fraction of sp³-hybridized carbons (Fsp3) is 0. The highest BCUT2D eigenvalue weighted by atomic mass is 32.2. The van der Waals surface area contributed by atoms with Crippen LogP contribution < -0.4 is 10.3 Å². The lowest BCUT2D eigenvalue weighted by molar-refractivity contribution is -0.542. The van der Waals surface area contributed by atoms with Crippen molar-refractivity contribution in [3.8, 4) is 0 Å². The van der Waals surface area contributed by atoms with E-state index in [1.807, 2.05) is 0 Å². The van der Waals surface area contributed by atoms with Gasteiger partial charge in [0.25, 0.3) is 10.2 Å². The first kappa shape index (κ1) is 11.5. The van der Waals surface area contributed by atoms with Gasteiger partial charge in [0.05, 0.1) is 12.4 Å². The van der Waals surface area contributed by atoms with Crippen molar-refractivity contribution in [2.45, 2.75) is 0 Å². The average molecular weight is 209 g/mol. The van der Waals surface area contributed by atoms with Crippen molar-refractivity contribution in [3.05, 3.63) is 28.8 Å². The van der Waals surface area contributed by atoms with E-state index < -0.39 is 15.2 Å². The Kier molecular flexibility index (Phi) is 3.97. The molecule has 0 fully saturated rings. The third-order valence-electron chi connectivity index (χ3n) is 0.679. The molecule has 10 heteroatoms. The SMILES string of the molecule is NS(N)(=O)=O.O=[N+]([O-])n1ccnc1. The van der Waals surface area contributed by atoms with Gasteiger partial charge in [0.1, 0.15) is 0 Å². The van der Waals surface area contributed by atoms with E-state index in [1.165, 1.54) is 12.4 Å². The first-order chi connectivity index (χ1) is 5.80. The zero-order valence-corrected chi connectivity index (χ0v) is 7.09. The maximum absolute atomic E-state index is 9.79. The van der Waals surface area contributed by atoms with Crippen molar-refractivity contribution in [2.24, 2.45) is 10.3 Å². The highest BCUT2D eigenvalue weighted by molar-refractivity contribution is 7.86. The van der Waals surface area contributed by atoms with E-state index in [4.69, 9.17) is 0 Å². The van der Waals surface area contributed by atoms with Crippen LogP contribution in [0.3, 0.4) is 0 Å². The number of nitrogens with zero attached hydrogens (tertiary/aromatic N) is 3. The number of rotatable bonds is 1. The Hall–Kier alpha value is -1.52. The summed E-state index contributed by atoms with van der Waals surface area (Å²) in [6.45, 7) is 0. The van der Waals surface area contributed by atoms with Crippen molar-refractivity contribution in [1.29, 1.82) is 0 Å². The van der Waals surface area contributed by atoms with E-state index in [1.54, 1.807) is 0 Å². The number of nitro groups is 1. The number of aromatic nitrogens is 2. The minimum Gasteiger partial charge on any atom is -0.239 e. The molecule has 13 heavy (non-hydrogen) atoms. The van der Waals surface area contributed by atoms with Crippen molar-refractivity contribution in [1.82, 2.24) is 9.66 Å². The highest BCUT2D eigenvalue weighted by Gasteiger charge is 1.94. The number of imidazole rings is 1. The van der Waals surface area contributed by atoms with Crippen molar-refractivity contribution < 1.29 is 13.5 Å². The van der Waals surface area contributed by atoms with E-state index in [9.17, 15) is 18.5 Å². The van der Waals surface area contributed by atoms with Gasteiger partial charge in [-0.1, -0.05) is 4.68 Å². The monoisotopic (exact) mass is 209 g/mol. The van der Waals surface area contributed by atoms with Gasteiger partial charge in [0.2, 0.25) is 0 Å². The molecule has 0 atom stereocenters. The molecule has 0 bridgehead atoms. The molecule has 9 nitrogen and oxygen atoms in total. The molecule has 0 radical (unpaired) electrons. The minimum atomic E-state index is -3.67. The molecule has 0 aliphatic rings. The van der Waals surface area contributed by atoms with E-state index in [2.05, 4.69) is 15.3 Å². The molecule has 1 aromatic heterocycles. The van der Waals surface area contributed by atoms with E-state index in [-0.39, 0.29) is 0 Å². The summed E-state index contributed by atoms with van der Waals surface area (Å²) >= 11 is 0. The third-order valence-corrected chi connectivity index (χ3v) is 0.679. The van der Waals surface area contributed by atoms with Crippen LogP contribution in [0.1, 0.15) is 0 Å². The Balaban J connectivity index is 0.000000252. The lowest BCUT2D eigenvalue weighted by Gasteiger charge is -1.81. The molecular weight excluding hydrogens is 202 g/mol. The van der Waals surface area contributed by atoms with Crippen LogP contribution in [0.5, 0.6) is 0 Å². The second-order valence-electron chi connectivity index (χ2n) is 1.77. The largest absolute Gasteiger partial charge is 0.271 e. The fourth-order valence-electron chi connectivity index (χ4n) is 0.349. The molecule has 74 valence electrons. The summed E-state index contributed by atoms with van der Waals surface area (Å²) in [7, 11) is -3.67. The van der Waals surface area contributed by atoms with Crippen LogP contribution in [-0.4, -0.2) is 23.1 Å². The average Bonchev–Trinajstić information content (AvgIpc) is 2.31. The van der Waals surface area contributed by atoms with Gasteiger partial charge in [-0.2, -0.15) is 8.42 Å². The number of hydrogen-bond acceptors (Lipinski definition) is 5. The summed E-state index contributed by atoms with van der Waals surface area (Å²) in [5, 5.41) is 17.4. The molecule has 1 aromatic rings. The van der Waals surface area contributed by atoms with Gasteiger partial charge in [-0.3, -0.25) is 0 Å². The summed E-state index contributed by atoms with van der Waals surface area (Å²) in [4.78, 5) is 13.3. The highest BCUT2D eigenvalue weighted by Crippen LogP contribution is 1.80. The summed E-state index contributed by atoms with van der Waals surface area (Å²) in [6.07, 6.45) is 3.74. The molecule has 4 N–H and O–H groups in total. The number of hydrogen-bond donors (Lipinski definition) is 2. The van der Waals surface area contributed by atoms with Gasteiger partial charge < -0.3 is 0 Å². The maximum Gasteiger partial charge on any atom is 0.271 e. The van der Waals surface area contributed by atoms with Crippen molar-refractivity contribution in [2.75, 3.05) is 0 Å². The van der Waals surface area contributed by atoms with Crippen LogP contribution in [0.4, 0.5) is 0 Å². The Morgan fingerprint density at radius 1 is 1.46 bits per heavy atom. The van der Waals surface area contributed by atoms with Crippen LogP contribution >= 0.6 is 0 Å². The quantitative estimate of drug-likeness (QED) is 0.408. The molecule has 0 spiro atoms. The normalized spacial score (nSPS) is 10.0. The predicted molar refractivity (Wildman–Crippen MR) is 41.9 cm³/mol. The summed E-state index contributed by atoms with van der Waals surface area (Å²) in [5.74, 6) is 0. The van der Waals surface area contributed by atoms with Gasteiger partial charge in [-0.25, -0.2) is 25.4 Å². The van der Waals surface area contributed by atoms with Crippen LogP contribution in [-0.2, 0) is 10.2 Å². The Morgan fingerprint density at radius 2 is 1.92 bits per heavy atom. The van der Waals surface area contributed by atoms with Gasteiger partial charge in [0.15, 0.2) is 11.4 Å². The third kappa shape index (κ3) is 8.39. The zero-order valence-electron chi connectivity index (χ0n) is 6.27. The van der Waals surface area contributed by atoms with Crippen molar-refractivity contribution in [3.63, 3.8) is 0 Å². The van der Waals surface area contributed by atoms with E-state index in [0.29, 0.717) is 0 Å². The molecule has 1 heterocycles. The Labute approximate surface area is 73.3 Å². The molecule has 0 amide bonds. The van der Waals surface area contributed by atoms with Gasteiger partial charge in [0, 0.05) is 0 Å². The Morgan fingerprint density at radius 3 is 2.08 bits per heavy atom. The van der Waals surface area contributed by atoms with Gasteiger partial charge in [-0.15, -0.1) is 0 Å². The predicted octanol–water partition coefficient (Wildman–Crippen LogP) is -1.93. The molecule has 0 aromatic carbocycles. The first-order valence-corrected chi connectivity index (χ1v) is 4.35. The molecule has 0 aliphatic heterocycles. The van der Waals surface area contributed by atoms with Crippen LogP contribution in [0.2, 0.25) is 0 Å². The van der Waals surface area contributed by atoms with Gasteiger partial charge >= 0.3 is 0 Å². The summed E-state index contributed by atoms with van der Waals surface area (Å²) < 4.78 is 19.2. The minimum absolute atomic E-state index is 0.562. The smallest absolute Gasteiger partial charge is 0.239 e. The molecule has 0 aliphatic carbocycles. The van der Waals surface area contributed by atoms with Crippen LogP contribution in [0.25, 0.3) is 0 Å². The summed E-state index contributed by atoms with van der Waals surface area (Å²) in [5.41, 5.74) is 0. The van der Waals surface area contributed by atoms with Crippen LogP contribution in [0.15, 0.2) is 18.7 Å². The first-order valence-electron chi connectivity index (χ1n) is 2.74. The lowest BCUT2D eigenvalue weighted by Crippen LogP contribution is -2.21. The second-order valence-corrected chi connectivity index (χ2v) is 2.95. The molecule has 0 saturated heterocycles. The molecule has 1 rings (SSSR count). The van der Waals surface area contributed by atoms with E-state index >= 15 is 0 Å². The second kappa shape index (κ2) is 4.49. The molecule has 0 saturated carbocycles. The maximum atomic E-state index is 9.79. The standard InChI is InChI=1S/C3H3N3O2.H4N2O2S/c7-6(8)5-2-1-4-3-5;1-5(2,3)4/h1-3H;(H4,1,2,3,4). The summed E-state index contributed by atoms with van der Waals surface area (Å²) in [6, 6.07) is 0. The van der Waals surface area contributed by atoms with E-state index in [0.717, 1.165) is 11.0 Å². The lowest BCUT2D eigenvalue weighted by atomic mass is 11.0. The van der Waals surface area contributed by atoms with Crippen molar-refractivity contribution >= 4 is 10.2 Å². The molecule has 0 unspecified atom stereocenters. The fourth-order valence-corrected chi connectivity index (χ4v) is 0.349. The van der Waals surface area contributed by atoms with Gasteiger partial charge in [-0.05, 0) is 0 Å². The Bertz CT molecular complexity index is 347. The number of nitrogens with two attached hydrogens (primary N) is 2. The zero-order chi connectivity index (χ0) is 10.5. The topological polar surface area (TPSA) is 147 Å². The molecular formula is C3H7N5O4S. The van der Waals surface area contributed by atoms with Crippen LogP contribution in [0, 0.1) is 10.1 Å².